The van der Waals surface area contributed by atoms with Crippen molar-refractivity contribution in [2.75, 3.05) is 19.6 Å². The Morgan fingerprint density at radius 2 is 1.81 bits per heavy atom. The van der Waals surface area contributed by atoms with E-state index in [0.29, 0.717) is 0 Å². The second-order valence-corrected chi connectivity index (χ2v) is 5.82. The van der Waals surface area contributed by atoms with Crippen LogP contribution >= 0.6 is 0 Å². The molecule has 1 saturated carbocycles. The predicted molar refractivity (Wildman–Crippen MR) is 69.4 cm³/mol. The molecule has 1 atom stereocenters. The number of hydrogen-bond acceptors (Lipinski definition) is 2. The quantitative estimate of drug-likeness (QED) is 0.798. The van der Waals surface area contributed by atoms with E-state index >= 15 is 0 Å². The van der Waals surface area contributed by atoms with Crippen molar-refractivity contribution in [3.05, 3.63) is 0 Å². The Morgan fingerprint density at radius 3 is 2.44 bits per heavy atom. The fourth-order valence-electron chi connectivity index (χ4n) is 3.54. The number of hydrogen-bond donors (Lipinski definition) is 1. The predicted octanol–water partition coefficient (Wildman–Crippen LogP) is 2.63. The van der Waals surface area contributed by atoms with Gasteiger partial charge in [-0.25, -0.2) is 0 Å². The van der Waals surface area contributed by atoms with Crippen LogP contribution in [-0.2, 0) is 0 Å². The summed E-state index contributed by atoms with van der Waals surface area (Å²) in [5.41, 5.74) is 5.81. The van der Waals surface area contributed by atoms with Gasteiger partial charge in [0.15, 0.2) is 0 Å². The van der Waals surface area contributed by atoms with Crippen molar-refractivity contribution in [1.29, 1.82) is 0 Å². The minimum Gasteiger partial charge on any atom is -0.330 e. The second-order valence-electron chi connectivity index (χ2n) is 5.82. The molecule has 94 valence electrons. The van der Waals surface area contributed by atoms with Crippen LogP contribution in [0.25, 0.3) is 0 Å². The Labute approximate surface area is 101 Å². The van der Waals surface area contributed by atoms with Crippen LogP contribution in [-0.4, -0.2) is 30.6 Å². The van der Waals surface area contributed by atoms with Crippen LogP contribution < -0.4 is 5.73 Å². The van der Waals surface area contributed by atoms with E-state index in [1.165, 1.54) is 58.0 Å². The molecule has 2 heteroatoms. The molecule has 1 saturated heterocycles. The Morgan fingerprint density at radius 1 is 1.06 bits per heavy atom. The molecule has 2 nitrogen and oxygen atoms in total. The lowest BCUT2D eigenvalue weighted by Crippen LogP contribution is -2.45. The van der Waals surface area contributed by atoms with E-state index < -0.39 is 0 Å². The molecule has 0 amide bonds. The number of nitrogens with two attached hydrogens (primary N) is 1. The van der Waals surface area contributed by atoms with Crippen molar-refractivity contribution < 1.29 is 0 Å². The number of rotatable bonds is 3. The first kappa shape index (κ1) is 12.4. The highest BCUT2D eigenvalue weighted by Gasteiger charge is 2.28. The van der Waals surface area contributed by atoms with Gasteiger partial charge < -0.3 is 10.6 Å². The van der Waals surface area contributed by atoms with Crippen LogP contribution in [0, 0.1) is 11.8 Å². The lowest BCUT2D eigenvalue weighted by Gasteiger charge is -2.41. The Balaban J connectivity index is 1.79. The molecular formula is C14H28N2. The molecule has 2 aliphatic rings. The fraction of sp³-hybridized carbons (Fsp3) is 1.00. The van der Waals surface area contributed by atoms with Gasteiger partial charge in [0.25, 0.3) is 0 Å². The van der Waals surface area contributed by atoms with Gasteiger partial charge in [0.2, 0.25) is 0 Å². The van der Waals surface area contributed by atoms with Gasteiger partial charge in [-0.15, -0.1) is 0 Å². The van der Waals surface area contributed by atoms with E-state index in [4.69, 9.17) is 5.73 Å². The maximum Gasteiger partial charge on any atom is 0.00955 e. The summed E-state index contributed by atoms with van der Waals surface area (Å²) in [7, 11) is 0. The van der Waals surface area contributed by atoms with Crippen LogP contribution in [0.5, 0.6) is 0 Å². The van der Waals surface area contributed by atoms with Crippen LogP contribution in [0.4, 0.5) is 0 Å². The molecule has 16 heavy (non-hydrogen) atoms. The lowest BCUT2D eigenvalue weighted by molar-refractivity contribution is 0.0885. The molecule has 1 aliphatic carbocycles. The molecule has 1 aliphatic heterocycles. The first-order valence-corrected chi connectivity index (χ1v) is 7.27. The zero-order valence-corrected chi connectivity index (χ0v) is 10.8. The molecule has 0 aromatic rings. The molecule has 0 aromatic heterocycles. The molecule has 1 unspecified atom stereocenters. The van der Waals surface area contributed by atoms with Crippen LogP contribution in [0.15, 0.2) is 0 Å². The molecule has 2 fully saturated rings. The van der Waals surface area contributed by atoms with Crippen molar-refractivity contribution in [3.8, 4) is 0 Å². The molecule has 2 rings (SSSR count). The third kappa shape index (κ3) is 2.98. The van der Waals surface area contributed by atoms with E-state index in [-0.39, 0.29) is 0 Å². The van der Waals surface area contributed by atoms with E-state index in [1.807, 2.05) is 0 Å². The fourth-order valence-corrected chi connectivity index (χ4v) is 3.54. The zero-order chi connectivity index (χ0) is 11.4. The first-order chi connectivity index (χ1) is 7.83. The molecule has 1 heterocycles. The smallest absolute Gasteiger partial charge is 0.00955 e. The maximum atomic E-state index is 5.81. The van der Waals surface area contributed by atoms with E-state index in [0.717, 1.165) is 24.4 Å². The summed E-state index contributed by atoms with van der Waals surface area (Å²) in [6.45, 7) is 5.84. The molecule has 0 aromatic carbocycles. The van der Waals surface area contributed by atoms with Gasteiger partial charge in [-0.1, -0.05) is 13.3 Å². The number of piperidine rings is 1. The van der Waals surface area contributed by atoms with Crippen molar-refractivity contribution in [2.24, 2.45) is 17.6 Å². The zero-order valence-electron chi connectivity index (χ0n) is 10.8. The molecular weight excluding hydrogens is 196 g/mol. The highest BCUT2D eigenvalue weighted by atomic mass is 15.2. The van der Waals surface area contributed by atoms with Crippen molar-refractivity contribution in [3.63, 3.8) is 0 Å². The lowest BCUT2D eigenvalue weighted by atomic mass is 9.83. The SMILES string of the molecule is CCC1CCC(N2CCCC(CN)C2)CC1. The van der Waals surface area contributed by atoms with E-state index in [2.05, 4.69) is 11.8 Å². The minimum absolute atomic E-state index is 0.776. The van der Waals surface area contributed by atoms with Gasteiger partial charge in [0.1, 0.15) is 0 Å². The summed E-state index contributed by atoms with van der Waals surface area (Å²) < 4.78 is 0. The minimum atomic E-state index is 0.776. The monoisotopic (exact) mass is 224 g/mol. The number of nitrogens with zero attached hydrogens (tertiary/aromatic N) is 1. The normalized spacial score (nSPS) is 37.5. The maximum absolute atomic E-state index is 5.81. The summed E-state index contributed by atoms with van der Waals surface area (Å²) >= 11 is 0. The van der Waals surface area contributed by atoms with Crippen LogP contribution in [0.2, 0.25) is 0 Å². The van der Waals surface area contributed by atoms with E-state index in [9.17, 15) is 0 Å². The third-order valence-electron chi connectivity index (χ3n) is 4.79. The summed E-state index contributed by atoms with van der Waals surface area (Å²) in [5.74, 6) is 1.80. The van der Waals surface area contributed by atoms with Crippen molar-refractivity contribution in [1.82, 2.24) is 4.90 Å². The largest absolute Gasteiger partial charge is 0.330 e. The van der Waals surface area contributed by atoms with Crippen LogP contribution in [0.3, 0.4) is 0 Å². The van der Waals surface area contributed by atoms with Crippen LogP contribution in [0.1, 0.15) is 51.9 Å². The molecule has 0 bridgehead atoms. The summed E-state index contributed by atoms with van der Waals surface area (Å²) in [6.07, 6.45) is 9.92. The highest BCUT2D eigenvalue weighted by Crippen LogP contribution is 2.31. The van der Waals surface area contributed by atoms with Crippen molar-refractivity contribution in [2.45, 2.75) is 57.9 Å². The molecule has 0 spiro atoms. The third-order valence-corrected chi connectivity index (χ3v) is 4.79. The highest BCUT2D eigenvalue weighted by molar-refractivity contribution is 4.83. The molecule has 2 N–H and O–H groups in total. The molecule has 0 radical (unpaired) electrons. The average molecular weight is 224 g/mol. The summed E-state index contributed by atoms with van der Waals surface area (Å²) in [6, 6.07) is 0.886. The van der Waals surface area contributed by atoms with Gasteiger partial charge in [0, 0.05) is 12.6 Å². The van der Waals surface area contributed by atoms with Crippen molar-refractivity contribution >= 4 is 0 Å². The standard InChI is InChI=1S/C14H28N2/c1-2-12-5-7-14(8-6-12)16-9-3-4-13(10-15)11-16/h12-14H,2-11,15H2,1H3. The topological polar surface area (TPSA) is 29.3 Å². The van der Waals surface area contributed by atoms with Gasteiger partial charge in [0.05, 0.1) is 0 Å². The Hall–Kier alpha value is -0.0800. The van der Waals surface area contributed by atoms with Gasteiger partial charge >= 0.3 is 0 Å². The summed E-state index contributed by atoms with van der Waals surface area (Å²) in [4.78, 5) is 2.74. The number of likely N-dealkylation sites (tertiary alicyclic amines) is 1. The van der Waals surface area contributed by atoms with Gasteiger partial charge in [-0.2, -0.15) is 0 Å². The second kappa shape index (κ2) is 6.02. The Bertz CT molecular complexity index is 197. The Kier molecular flexibility index (Phi) is 4.66. The van der Waals surface area contributed by atoms with Gasteiger partial charge in [-0.3, -0.25) is 0 Å². The van der Waals surface area contributed by atoms with E-state index in [1.54, 1.807) is 0 Å². The summed E-state index contributed by atoms with van der Waals surface area (Å²) in [5, 5.41) is 0. The average Bonchev–Trinajstić information content (AvgIpc) is 2.39. The first-order valence-electron chi connectivity index (χ1n) is 7.27. The van der Waals surface area contributed by atoms with Gasteiger partial charge in [-0.05, 0) is 63.5 Å².